The van der Waals surface area contributed by atoms with E-state index >= 15 is 0 Å². The Morgan fingerprint density at radius 3 is 2.62 bits per heavy atom. The van der Waals surface area contributed by atoms with Crippen molar-refractivity contribution in [2.24, 2.45) is 17.4 Å². The zero-order valence-corrected chi connectivity index (χ0v) is 12.1. The Bertz CT molecular complexity index is 880. The van der Waals surface area contributed by atoms with E-state index in [4.69, 9.17) is 11.5 Å². The first-order valence-electron chi connectivity index (χ1n) is 6.91. The van der Waals surface area contributed by atoms with Crippen LogP contribution in [0.5, 0.6) is 0 Å². The molecular weight excluding hydrogens is 325 g/mol. The van der Waals surface area contributed by atoms with E-state index in [1.165, 1.54) is 0 Å². The van der Waals surface area contributed by atoms with Crippen molar-refractivity contribution >= 4 is 22.4 Å². The Hall–Kier alpha value is -2.65. The third-order valence-corrected chi connectivity index (χ3v) is 3.68. The van der Waals surface area contributed by atoms with E-state index in [9.17, 15) is 23.1 Å². The topological polar surface area (TPSA) is 118 Å². The maximum absolute atomic E-state index is 12.9. The van der Waals surface area contributed by atoms with Gasteiger partial charge in [-0.1, -0.05) is 6.07 Å². The van der Waals surface area contributed by atoms with Crippen LogP contribution in [0.25, 0.3) is 16.6 Å². The van der Waals surface area contributed by atoms with Crippen molar-refractivity contribution in [2.45, 2.75) is 12.3 Å². The van der Waals surface area contributed by atoms with E-state index in [0.29, 0.717) is 22.7 Å². The molecule has 1 aliphatic rings. The van der Waals surface area contributed by atoms with Gasteiger partial charge in [0.15, 0.2) is 5.78 Å². The Morgan fingerprint density at radius 2 is 2.00 bits per heavy atom. The summed E-state index contributed by atoms with van der Waals surface area (Å²) in [6, 6.07) is 4.81. The highest BCUT2D eigenvalue weighted by atomic mass is 19.4. The number of aliphatic hydroxyl groups excluding tert-OH is 1. The van der Waals surface area contributed by atoms with E-state index in [2.05, 4.69) is 9.97 Å². The SMILES string of the molecule is NC(N)c1ccc2nc(C3=CC(O)=C[C@@H](C(F)(F)F)C3=O)[nH]c2c1. The number of aliphatic hydroxyl groups is 1. The van der Waals surface area contributed by atoms with Crippen molar-refractivity contribution in [2.75, 3.05) is 0 Å². The lowest BCUT2D eigenvalue weighted by Gasteiger charge is -2.20. The molecule has 0 fully saturated rings. The summed E-state index contributed by atoms with van der Waals surface area (Å²) < 4.78 is 38.8. The standard InChI is InChI=1S/C15H13F3N4O2/c16-15(17,18)9-5-7(23)4-8(12(9)24)14-21-10-2-1-6(13(19)20)3-11(10)22-14/h1-5,9,13,23H,19-20H2,(H,21,22)/t9-/m1/s1. The molecule has 0 saturated carbocycles. The van der Waals surface area contributed by atoms with Crippen LogP contribution in [0.4, 0.5) is 13.2 Å². The number of carbonyl (C=O) groups is 1. The molecule has 1 atom stereocenters. The van der Waals surface area contributed by atoms with E-state index in [1.54, 1.807) is 18.2 Å². The Kier molecular flexibility index (Phi) is 3.69. The van der Waals surface area contributed by atoms with Gasteiger partial charge >= 0.3 is 6.18 Å². The van der Waals surface area contributed by atoms with Crippen LogP contribution in [0, 0.1) is 5.92 Å². The molecule has 0 aliphatic heterocycles. The van der Waals surface area contributed by atoms with Crippen molar-refractivity contribution in [1.82, 2.24) is 9.97 Å². The summed E-state index contributed by atoms with van der Waals surface area (Å²) in [5, 5.41) is 9.54. The lowest BCUT2D eigenvalue weighted by atomic mass is 9.91. The first kappa shape index (κ1) is 16.2. The second-order valence-electron chi connectivity index (χ2n) is 5.42. The molecule has 0 amide bonds. The predicted molar refractivity (Wildman–Crippen MR) is 80.5 cm³/mol. The number of imidazole rings is 1. The number of nitrogens with one attached hydrogen (secondary N) is 1. The molecule has 0 unspecified atom stereocenters. The largest absolute Gasteiger partial charge is 0.508 e. The van der Waals surface area contributed by atoms with Gasteiger partial charge in [-0.2, -0.15) is 13.2 Å². The van der Waals surface area contributed by atoms with Crippen molar-refractivity contribution in [1.29, 1.82) is 0 Å². The number of halogens is 3. The van der Waals surface area contributed by atoms with Crippen molar-refractivity contribution in [3.63, 3.8) is 0 Å². The Labute approximate surface area is 133 Å². The summed E-state index contributed by atoms with van der Waals surface area (Å²) in [4.78, 5) is 19.0. The zero-order chi connectivity index (χ0) is 17.6. The molecule has 24 heavy (non-hydrogen) atoms. The maximum atomic E-state index is 12.9. The fourth-order valence-corrected chi connectivity index (χ4v) is 2.47. The van der Waals surface area contributed by atoms with Gasteiger partial charge in [0.25, 0.3) is 0 Å². The number of aromatic amines is 1. The average molecular weight is 338 g/mol. The lowest BCUT2D eigenvalue weighted by Crippen LogP contribution is -2.32. The number of Topliss-reactive ketones (excluding diaryl/α,β-unsaturated/α-hetero) is 1. The molecule has 0 spiro atoms. The number of hydrogen-bond acceptors (Lipinski definition) is 5. The monoisotopic (exact) mass is 338 g/mol. The number of benzene rings is 1. The molecule has 6 nitrogen and oxygen atoms in total. The van der Waals surface area contributed by atoms with Gasteiger partial charge in [0.05, 0.1) is 22.8 Å². The lowest BCUT2D eigenvalue weighted by molar-refractivity contribution is -0.168. The van der Waals surface area contributed by atoms with Crippen LogP contribution in [-0.4, -0.2) is 27.0 Å². The van der Waals surface area contributed by atoms with Crippen LogP contribution >= 0.6 is 0 Å². The van der Waals surface area contributed by atoms with Gasteiger partial charge in [-0.05, 0) is 29.8 Å². The minimum atomic E-state index is -4.80. The number of H-pyrrole nitrogens is 1. The minimum Gasteiger partial charge on any atom is -0.508 e. The van der Waals surface area contributed by atoms with Crippen LogP contribution in [0.1, 0.15) is 17.6 Å². The molecule has 1 aliphatic carbocycles. The van der Waals surface area contributed by atoms with Crippen LogP contribution in [0.2, 0.25) is 0 Å². The van der Waals surface area contributed by atoms with Gasteiger partial charge in [-0.3, -0.25) is 4.79 Å². The molecule has 3 rings (SSSR count). The van der Waals surface area contributed by atoms with Crippen LogP contribution < -0.4 is 11.5 Å². The highest BCUT2D eigenvalue weighted by Crippen LogP contribution is 2.36. The summed E-state index contributed by atoms with van der Waals surface area (Å²) in [5.74, 6) is -4.29. The van der Waals surface area contributed by atoms with Gasteiger partial charge in [-0.25, -0.2) is 4.98 Å². The number of aromatic nitrogens is 2. The molecule has 0 bridgehead atoms. The summed E-state index contributed by atoms with van der Waals surface area (Å²) in [6.07, 6.45) is -4.09. The van der Waals surface area contributed by atoms with Gasteiger partial charge < -0.3 is 21.6 Å². The van der Waals surface area contributed by atoms with E-state index in [0.717, 1.165) is 6.08 Å². The van der Waals surface area contributed by atoms with Gasteiger partial charge in [0, 0.05) is 0 Å². The van der Waals surface area contributed by atoms with E-state index in [-0.39, 0.29) is 11.4 Å². The quantitative estimate of drug-likeness (QED) is 0.625. The second kappa shape index (κ2) is 5.46. The third kappa shape index (κ3) is 2.79. The molecule has 1 aromatic carbocycles. The summed E-state index contributed by atoms with van der Waals surface area (Å²) >= 11 is 0. The third-order valence-electron chi connectivity index (χ3n) is 3.68. The van der Waals surface area contributed by atoms with E-state index < -0.39 is 29.8 Å². The molecule has 2 aromatic rings. The predicted octanol–water partition coefficient (Wildman–Crippen LogP) is 2.07. The zero-order valence-electron chi connectivity index (χ0n) is 12.1. The number of rotatable bonds is 2. The molecule has 6 N–H and O–H groups in total. The Morgan fingerprint density at radius 1 is 1.29 bits per heavy atom. The number of hydrogen-bond donors (Lipinski definition) is 4. The maximum Gasteiger partial charge on any atom is 0.402 e. The molecular formula is C15H13F3N4O2. The van der Waals surface area contributed by atoms with Gasteiger partial charge in [0.1, 0.15) is 17.5 Å². The average Bonchev–Trinajstić information content (AvgIpc) is 2.90. The number of ketones is 1. The summed E-state index contributed by atoms with van der Waals surface area (Å²) in [7, 11) is 0. The van der Waals surface area contributed by atoms with Crippen molar-refractivity contribution in [3.05, 3.63) is 47.5 Å². The molecule has 0 radical (unpaired) electrons. The van der Waals surface area contributed by atoms with E-state index in [1.807, 2.05) is 0 Å². The molecule has 9 heteroatoms. The smallest absolute Gasteiger partial charge is 0.402 e. The first-order chi connectivity index (χ1) is 11.2. The number of nitrogens with two attached hydrogens (primary N) is 2. The highest BCUT2D eigenvalue weighted by molar-refractivity contribution is 6.23. The summed E-state index contributed by atoms with van der Waals surface area (Å²) in [6.45, 7) is 0. The number of nitrogens with zero attached hydrogens (tertiary/aromatic N) is 1. The van der Waals surface area contributed by atoms with Crippen LogP contribution in [-0.2, 0) is 4.79 Å². The Balaban J connectivity index is 2.06. The van der Waals surface area contributed by atoms with Gasteiger partial charge in [-0.15, -0.1) is 0 Å². The first-order valence-corrected chi connectivity index (χ1v) is 6.91. The molecule has 1 aromatic heterocycles. The minimum absolute atomic E-state index is 0.0633. The summed E-state index contributed by atoms with van der Waals surface area (Å²) in [5.41, 5.74) is 12.3. The fraction of sp³-hybridized carbons (Fsp3) is 0.200. The molecule has 126 valence electrons. The molecule has 1 heterocycles. The highest BCUT2D eigenvalue weighted by Gasteiger charge is 2.46. The normalized spacial score (nSPS) is 18.9. The fourth-order valence-electron chi connectivity index (χ4n) is 2.47. The van der Waals surface area contributed by atoms with Crippen molar-refractivity contribution < 1.29 is 23.1 Å². The number of fused-ring (bicyclic) bond motifs is 1. The van der Waals surface area contributed by atoms with Crippen molar-refractivity contribution in [3.8, 4) is 0 Å². The molecule has 0 saturated heterocycles. The number of allylic oxidation sites excluding steroid dienone is 3. The van der Waals surface area contributed by atoms with Gasteiger partial charge in [0.2, 0.25) is 0 Å². The van der Waals surface area contributed by atoms with Crippen LogP contribution in [0.3, 0.4) is 0 Å². The second-order valence-corrected chi connectivity index (χ2v) is 5.42. The number of alkyl halides is 3. The van der Waals surface area contributed by atoms with Crippen LogP contribution in [0.15, 0.2) is 36.1 Å². The number of carbonyl (C=O) groups excluding carboxylic acids is 1.